The fourth-order valence-electron chi connectivity index (χ4n) is 3.92. The highest BCUT2D eigenvalue weighted by atomic mass is 35.5. The number of pyridine rings is 1. The predicted molar refractivity (Wildman–Crippen MR) is 111 cm³/mol. The minimum atomic E-state index is -0.947. The largest absolute Gasteiger partial charge is 0.481 e. The second-order valence-electron chi connectivity index (χ2n) is 7.12. The van der Waals surface area contributed by atoms with Crippen molar-refractivity contribution in [1.82, 2.24) is 4.98 Å². The number of benzene rings is 2. The van der Waals surface area contributed by atoms with Crippen LogP contribution in [0.5, 0.6) is 17.4 Å². The van der Waals surface area contributed by atoms with Gasteiger partial charge in [-0.1, -0.05) is 17.7 Å². The maximum absolute atomic E-state index is 13.9. The van der Waals surface area contributed by atoms with Gasteiger partial charge in [0.25, 0.3) is 0 Å². The molecule has 1 spiro atoms. The van der Waals surface area contributed by atoms with Gasteiger partial charge in [0.05, 0.1) is 19.9 Å². The molecule has 1 aromatic heterocycles. The smallest absolute Gasteiger partial charge is 0.213 e. The lowest BCUT2D eigenvalue weighted by Crippen LogP contribution is -2.42. The minimum Gasteiger partial charge on any atom is -0.481 e. The monoisotopic (exact) mass is 425 g/mol. The summed E-state index contributed by atoms with van der Waals surface area (Å²) in [6.07, 6.45) is 1.59. The molecule has 0 saturated carbocycles. The number of rotatable bonds is 2. The van der Waals surface area contributed by atoms with E-state index >= 15 is 0 Å². The maximum atomic E-state index is 13.9. The van der Waals surface area contributed by atoms with Crippen LogP contribution in [0.4, 0.5) is 4.39 Å². The van der Waals surface area contributed by atoms with Crippen molar-refractivity contribution < 1.29 is 18.6 Å². The van der Waals surface area contributed by atoms with E-state index in [1.807, 2.05) is 12.1 Å². The van der Waals surface area contributed by atoms with Gasteiger partial charge < -0.3 is 19.9 Å². The third-order valence-corrected chi connectivity index (χ3v) is 5.61. The molecule has 3 heterocycles. The summed E-state index contributed by atoms with van der Waals surface area (Å²) in [5.41, 5.74) is 7.90. The van der Waals surface area contributed by atoms with Crippen molar-refractivity contribution in [3.05, 3.63) is 70.6 Å². The first-order valence-electron chi connectivity index (χ1n) is 9.24. The van der Waals surface area contributed by atoms with Crippen molar-refractivity contribution in [2.75, 3.05) is 20.3 Å². The summed E-state index contributed by atoms with van der Waals surface area (Å²) in [5, 5.41) is 0.441. The number of nitrogens with two attached hydrogens (primary N) is 1. The molecule has 0 fully saturated rings. The highest BCUT2D eigenvalue weighted by Crippen LogP contribution is 2.51. The number of nitrogens with zero attached hydrogens (tertiary/aromatic N) is 2. The van der Waals surface area contributed by atoms with E-state index < -0.39 is 5.54 Å². The van der Waals surface area contributed by atoms with E-state index in [4.69, 9.17) is 36.5 Å². The topological polar surface area (TPSA) is 79.0 Å². The zero-order valence-electron chi connectivity index (χ0n) is 16.0. The number of fused-ring (bicyclic) bond motifs is 4. The predicted octanol–water partition coefficient (Wildman–Crippen LogP) is 4.29. The number of halogens is 2. The van der Waals surface area contributed by atoms with Crippen LogP contribution in [0.1, 0.15) is 11.1 Å². The van der Waals surface area contributed by atoms with Crippen LogP contribution in [0.3, 0.4) is 0 Å². The first-order valence-corrected chi connectivity index (χ1v) is 9.62. The van der Waals surface area contributed by atoms with E-state index in [1.165, 1.54) is 25.3 Å². The van der Waals surface area contributed by atoms with Crippen molar-refractivity contribution in [3.8, 4) is 28.5 Å². The molecule has 0 bridgehead atoms. The molecular weight excluding hydrogens is 409 g/mol. The highest BCUT2D eigenvalue weighted by molar-refractivity contribution is 6.33. The molecule has 0 saturated heterocycles. The second-order valence-corrected chi connectivity index (χ2v) is 7.52. The quantitative estimate of drug-likeness (QED) is 0.662. The first-order chi connectivity index (χ1) is 14.5. The van der Waals surface area contributed by atoms with E-state index in [1.54, 1.807) is 18.3 Å². The van der Waals surface area contributed by atoms with Crippen LogP contribution in [0, 0.1) is 5.82 Å². The van der Waals surface area contributed by atoms with Crippen LogP contribution in [0.15, 0.2) is 53.7 Å². The number of ether oxygens (including phenoxy) is 3. The molecule has 1 atom stereocenters. The molecule has 3 aromatic rings. The van der Waals surface area contributed by atoms with Gasteiger partial charge >= 0.3 is 0 Å². The highest BCUT2D eigenvalue weighted by Gasteiger charge is 2.45. The third-order valence-electron chi connectivity index (χ3n) is 5.28. The molecule has 2 aliphatic heterocycles. The molecular formula is C22H17ClFN3O3. The van der Waals surface area contributed by atoms with Gasteiger partial charge in [0.15, 0.2) is 5.75 Å². The Bertz CT molecular complexity index is 1200. The summed E-state index contributed by atoms with van der Waals surface area (Å²) >= 11 is 6.34. The molecule has 0 amide bonds. The molecule has 8 heteroatoms. The van der Waals surface area contributed by atoms with Gasteiger partial charge in [-0.3, -0.25) is 4.99 Å². The van der Waals surface area contributed by atoms with E-state index in [9.17, 15) is 4.39 Å². The lowest BCUT2D eigenvalue weighted by molar-refractivity contribution is 0.109. The van der Waals surface area contributed by atoms with E-state index in [0.29, 0.717) is 33.8 Å². The normalized spacial score (nSPS) is 19.5. The lowest BCUT2D eigenvalue weighted by Gasteiger charge is -2.39. The Balaban J connectivity index is 1.76. The fraction of sp³-hybridized carbons (Fsp3) is 0.182. The van der Waals surface area contributed by atoms with Gasteiger partial charge in [0.1, 0.15) is 29.5 Å². The van der Waals surface area contributed by atoms with Crippen molar-refractivity contribution >= 4 is 17.4 Å². The van der Waals surface area contributed by atoms with Crippen LogP contribution in [0.25, 0.3) is 11.1 Å². The number of aromatic nitrogens is 1. The molecule has 30 heavy (non-hydrogen) atoms. The lowest BCUT2D eigenvalue weighted by atomic mass is 9.80. The van der Waals surface area contributed by atoms with E-state index in [-0.39, 0.29) is 19.0 Å². The summed E-state index contributed by atoms with van der Waals surface area (Å²) in [5.74, 6) is 1.55. The molecule has 0 radical (unpaired) electrons. The summed E-state index contributed by atoms with van der Waals surface area (Å²) in [6.45, 7) is 0.496. The molecule has 152 valence electrons. The number of amidine groups is 1. The van der Waals surface area contributed by atoms with Gasteiger partial charge in [-0.2, -0.15) is 0 Å². The molecule has 0 aliphatic carbocycles. The fourth-order valence-corrected chi connectivity index (χ4v) is 4.15. The maximum Gasteiger partial charge on any atom is 0.213 e. The van der Waals surface area contributed by atoms with Gasteiger partial charge in [-0.05, 0) is 35.9 Å². The SMILES string of the molecule is COc1cc2c(cn1)Oc1ccc(-c3cc(F)ccc3Cl)cc1[C@@]21COCC(N)=N1. The van der Waals surface area contributed by atoms with Crippen LogP contribution in [-0.2, 0) is 10.3 Å². The molecule has 0 unspecified atom stereocenters. The summed E-state index contributed by atoms with van der Waals surface area (Å²) < 4.78 is 31.1. The Kier molecular flexibility index (Phi) is 4.38. The molecule has 2 aliphatic rings. The van der Waals surface area contributed by atoms with Gasteiger partial charge in [-0.25, -0.2) is 9.37 Å². The second kappa shape index (κ2) is 6.97. The summed E-state index contributed by atoms with van der Waals surface area (Å²) in [6, 6.07) is 11.5. The molecule has 6 nitrogen and oxygen atoms in total. The van der Waals surface area contributed by atoms with Crippen molar-refractivity contribution in [1.29, 1.82) is 0 Å². The Morgan fingerprint density at radius 2 is 1.97 bits per heavy atom. The van der Waals surface area contributed by atoms with Crippen LogP contribution < -0.4 is 15.2 Å². The first kappa shape index (κ1) is 18.8. The van der Waals surface area contributed by atoms with Crippen molar-refractivity contribution in [2.24, 2.45) is 10.7 Å². The zero-order valence-corrected chi connectivity index (χ0v) is 16.7. The summed E-state index contributed by atoms with van der Waals surface area (Å²) in [4.78, 5) is 9.05. The van der Waals surface area contributed by atoms with E-state index in [0.717, 1.165) is 16.7 Å². The number of methoxy groups -OCH3 is 1. The Morgan fingerprint density at radius 3 is 2.77 bits per heavy atom. The molecule has 2 aromatic carbocycles. The average Bonchev–Trinajstić information content (AvgIpc) is 2.75. The van der Waals surface area contributed by atoms with Crippen LogP contribution >= 0.6 is 11.6 Å². The Hall–Kier alpha value is -3.16. The van der Waals surface area contributed by atoms with Crippen LogP contribution in [-0.4, -0.2) is 31.1 Å². The number of hydrogen-bond acceptors (Lipinski definition) is 6. The average molecular weight is 426 g/mol. The third kappa shape index (κ3) is 2.89. The van der Waals surface area contributed by atoms with Gasteiger partial charge in [0, 0.05) is 27.8 Å². The number of aliphatic imine (C=N–C) groups is 1. The summed E-state index contributed by atoms with van der Waals surface area (Å²) in [7, 11) is 1.54. The van der Waals surface area contributed by atoms with Crippen LogP contribution in [0.2, 0.25) is 5.02 Å². The molecule has 5 rings (SSSR count). The zero-order chi connectivity index (χ0) is 20.9. The number of hydrogen-bond donors (Lipinski definition) is 1. The van der Waals surface area contributed by atoms with Crippen molar-refractivity contribution in [3.63, 3.8) is 0 Å². The Labute approximate surface area is 177 Å². The molecule has 2 N–H and O–H groups in total. The van der Waals surface area contributed by atoms with Gasteiger partial charge in [0.2, 0.25) is 5.88 Å². The van der Waals surface area contributed by atoms with Gasteiger partial charge in [-0.15, -0.1) is 0 Å². The van der Waals surface area contributed by atoms with E-state index in [2.05, 4.69) is 4.98 Å². The minimum absolute atomic E-state index is 0.241. The Morgan fingerprint density at radius 1 is 1.13 bits per heavy atom. The standard InChI is InChI=1S/C22H17ClFN3O3/c1-28-21-8-16-19(9-26-21)30-18-5-2-12(14-7-13(24)3-4-17(14)23)6-15(18)22(16)11-29-10-20(25)27-22/h2-9H,10-11H2,1H3,(H2,25,27)/t22-/m0/s1. The van der Waals surface area contributed by atoms with Crippen molar-refractivity contribution in [2.45, 2.75) is 5.54 Å².